The Morgan fingerprint density at radius 3 is 3.06 bits per heavy atom. The lowest BCUT2D eigenvalue weighted by molar-refractivity contribution is 0.168. The van der Waals surface area contributed by atoms with E-state index in [2.05, 4.69) is 21.2 Å². The quantitative estimate of drug-likeness (QED) is 0.857. The van der Waals surface area contributed by atoms with Gasteiger partial charge >= 0.3 is 0 Å². The lowest BCUT2D eigenvalue weighted by Gasteiger charge is -2.27. The first kappa shape index (κ1) is 12.6. The summed E-state index contributed by atoms with van der Waals surface area (Å²) in [5, 5.41) is 3.41. The van der Waals surface area contributed by atoms with Crippen LogP contribution in [0.4, 0.5) is 0 Å². The second-order valence-corrected chi connectivity index (χ2v) is 6.42. The standard InChI is InChI=1S/C13H16BrNO2S/c1-15-10-2-5-18-7-8-9(14)6-11-13(12(8)10)17-4-3-16-11/h6,10,15H,2-5,7H2,1H3. The summed E-state index contributed by atoms with van der Waals surface area (Å²) in [4.78, 5) is 0. The molecule has 2 aliphatic heterocycles. The molecule has 2 aliphatic rings. The molecule has 0 bridgehead atoms. The minimum Gasteiger partial charge on any atom is -0.486 e. The molecule has 0 saturated heterocycles. The van der Waals surface area contributed by atoms with Crippen molar-refractivity contribution in [2.75, 3.05) is 26.0 Å². The fourth-order valence-corrected chi connectivity index (χ4v) is 4.35. The molecule has 18 heavy (non-hydrogen) atoms. The highest BCUT2D eigenvalue weighted by atomic mass is 79.9. The lowest BCUT2D eigenvalue weighted by Crippen LogP contribution is -2.22. The molecule has 3 nitrogen and oxygen atoms in total. The maximum Gasteiger partial charge on any atom is 0.166 e. The summed E-state index contributed by atoms with van der Waals surface area (Å²) in [5.74, 6) is 4.02. The Morgan fingerprint density at radius 2 is 2.22 bits per heavy atom. The van der Waals surface area contributed by atoms with Crippen LogP contribution < -0.4 is 14.8 Å². The van der Waals surface area contributed by atoms with Gasteiger partial charge in [0.05, 0.1) is 0 Å². The molecule has 1 N–H and O–H groups in total. The van der Waals surface area contributed by atoms with E-state index < -0.39 is 0 Å². The Morgan fingerprint density at radius 1 is 1.39 bits per heavy atom. The van der Waals surface area contributed by atoms with Gasteiger partial charge in [-0.25, -0.2) is 0 Å². The van der Waals surface area contributed by atoms with Crippen LogP contribution >= 0.6 is 27.7 Å². The maximum atomic E-state index is 5.87. The average Bonchev–Trinajstić information content (AvgIpc) is 2.61. The number of halogens is 1. The van der Waals surface area contributed by atoms with Gasteiger partial charge in [-0.15, -0.1) is 0 Å². The molecule has 1 atom stereocenters. The van der Waals surface area contributed by atoms with Crippen molar-refractivity contribution in [1.29, 1.82) is 0 Å². The smallest absolute Gasteiger partial charge is 0.166 e. The summed E-state index contributed by atoms with van der Waals surface area (Å²) in [6.07, 6.45) is 1.13. The van der Waals surface area contributed by atoms with Crippen LogP contribution in [0, 0.1) is 0 Å². The minimum absolute atomic E-state index is 0.350. The second-order valence-electron chi connectivity index (χ2n) is 4.46. The largest absolute Gasteiger partial charge is 0.486 e. The Balaban J connectivity index is 2.18. The van der Waals surface area contributed by atoms with E-state index in [0.29, 0.717) is 19.3 Å². The van der Waals surface area contributed by atoms with E-state index in [0.717, 1.165) is 28.1 Å². The van der Waals surface area contributed by atoms with E-state index in [4.69, 9.17) is 9.47 Å². The minimum atomic E-state index is 0.350. The molecule has 0 spiro atoms. The van der Waals surface area contributed by atoms with E-state index in [1.165, 1.54) is 16.9 Å². The molecular weight excluding hydrogens is 314 g/mol. The van der Waals surface area contributed by atoms with Crippen molar-refractivity contribution in [3.05, 3.63) is 21.7 Å². The molecule has 2 heterocycles. The summed E-state index contributed by atoms with van der Waals surface area (Å²) >= 11 is 5.65. The van der Waals surface area contributed by atoms with Crippen LogP contribution in [0.25, 0.3) is 0 Å². The van der Waals surface area contributed by atoms with Crippen molar-refractivity contribution in [2.45, 2.75) is 18.2 Å². The Labute approximate surface area is 120 Å². The highest BCUT2D eigenvalue weighted by Crippen LogP contribution is 2.46. The van der Waals surface area contributed by atoms with Gasteiger partial charge in [0.1, 0.15) is 13.2 Å². The third-order valence-electron chi connectivity index (χ3n) is 3.42. The molecule has 98 valence electrons. The van der Waals surface area contributed by atoms with E-state index in [9.17, 15) is 0 Å². The fraction of sp³-hybridized carbons (Fsp3) is 0.538. The molecule has 0 radical (unpaired) electrons. The number of hydrogen-bond acceptors (Lipinski definition) is 4. The molecule has 0 amide bonds. The number of hydrogen-bond donors (Lipinski definition) is 1. The van der Waals surface area contributed by atoms with Gasteiger partial charge in [-0.1, -0.05) is 15.9 Å². The first-order chi connectivity index (χ1) is 8.81. The maximum absolute atomic E-state index is 5.87. The van der Waals surface area contributed by atoms with Crippen LogP contribution in [0.3, 0.4) is 0 Å². The summed E-state index contributed by atoms with van der Waals surface area (Å²) < 4.78 is 12.7. The number of rotatable bonds is 1. The third kappa shape index (κ3) is 2.12. The van der Waals surface area contributed by atoms with Gasteiger partial charge < -0.3 is 14.8 Å². The van der Waals surface area contributed by atoms with Gasteiger partial charge in [-0.05, 0) is 30.9 Å². The van der Waals surface area contributed by atoms with Crippen LogP contribution in [0.1, 0.15) is 23.6 Å². The number of thioether (sulfide) groups is 1. The average molecular weight is 330 g/mol. The zero-order valence-corrected chi connectivity index (χ0v) is 12.7. The Kier molecular flexibility index (Phi) is 3.73. The predicted molar refractivity (Wildman–Crippen MR) is 77.7 cm³/mol. The molecule has 0 fully saturated rings. The molecule has 1 aromatic rings. The zero-order chi connectivity index (χ0) is 12.5. The number of ether oxygens (including phenoxy) is 2. The number of benzene rings is 1. The molecular formula is C13H16BrNO2S. The third-order valence-corrected chi connectivity index (χ3v) is 5.15. The first-order valence-corrected chi connectivity index (χ1v) is 8.12. The van der Waals surface area contributed by atoms with Crippen LogP contribution in [0.2, 0.25) is 0 Å². The van der Waals surface area contributed by atoms with E-state index in [-0.39, 0.29) is 0 Å². The molecule has 0 aromatic heterocycles. The van der Waals surface area contributed by atoms with E-state index in [1.54, 1.807) is 0 Å². The van der Waals surface area contributed by atoms with Crippen LogP contribution in [-0.4, -0.2) is 26.0 Å². The molecule has 0 aliphatic carbocycles. The van der Waals surface area contributed by atoms with Crippen LogP contribution in [0.15, 0.2) is 10.5 Å². The Hall–Kier alpha value is -0.390. The van der Waals surface area contributed by atoms with Gasteiger partial charge in [0.2, 0.25) is 0 Å². The molecule has 5 heteroatoms. The topological polar surface area (TPSA) is 30.5 Å². The summed E-state index contributed by atoms with van der Waals surface area (Å²) in [6.45, 7) is 1.28. The van der Waals surface area contributed by atoms with Gasteiger partial charge in [0.15, 0.2) is 11.5 Å². The SMILES string of the molecule is CNC1CCSCc2c(Br)cc3c(c21)OCCO3. The van der Waals surface area contributed by atoms with Gasteiger partial charge in [0.25, 0.3) is 0 Å². The Bertz CT molecular complexity index is 467. The number of fused-ring (bicyclic) bond motifs is 3. The van der Waals surface area contributed by atoms with Crippen LogP contribution in [-0.2, 0) is 5.75 Å². The summed E-state index contributed by atoms with van der Waals surface area (Å²) in [5.41, 5.74) is 2.63. The van der Waals surface area contributed by atoms with E-state index >= 15 is 0 Å². The van der Waals surface area contributed by atoms with Gasteiger partial charge in [-0.3, -0.25) is 0 Å². The molecule has 1 unspecified atom stereocenters. The van der Waals surface area contributed by atoms with Crippen molar-refractivity contribution in [2.24, 2.45) is 0 Å². The fourth-order valence-electron chi connectivity index (χ4n) is 2.54. The summed E-state index contributed by atoms with van der Waals surface area (Å²) in [7, 11) is 2.02. The van der Waals surface area contributed by atoms with Crippen molar-refractivity contribution in [3.63, 3.8) is 0 Å². The first-order valence-electron chi connectivity index (χ1n) is 6.17. The molecule has 3 rings (SSSR count). The zero-order valence-electron chi connectivity index (χ0n) is 10.3. The van der Waals surface area contributed by atoms with Crippen LogP contribution in [0.5, 0.6) is 11.5 Å². The number of nitrogens with one attached hydrogen (secondary N) is 1. The van der Waals surface area contributed by atoms with Gasteiger partial charge in [0, 0.05) is 21.8 Å². The van der Waals surface area contributed by atoms with Crippen molar-refractivity contribution in [3.8, 4) is 11.5 Å². The van der Waals surface area contributed by atoms with Crippen molar-refractivity contribution >= 4 is 27.7 Å². The second kappa shape index (κ2) is 5.31. The molecule has 1 aromatic carbocycles. The van der Waals surface area contributed by atoms with E-state index in [1.807, 2.05) is 24.9 Å². The lowest BCUT2D eigenvalue weighted by atomic mass is 9.97. The highest BCUT2D eigenvalue weighted by Gasteiger charge is 2.28. The molecule has 0 saturated carbocycles. The van der Waals surface area contributed by atoms with Crippen molar-refractivity contribution < 1.29 is 9.47 Å². The summed E-state index contributed by atoms with van der Waals surface area (Å²) in [6, 6.07) is 2.40. The van der Waals surface area contributed by atoms with Crippen molar-refractivity contribution in [1.82, 2.24) is 5.32 Å². The highest BCUT2D eigenvalue weighted by molar-refractivity contribution is 9.10. The van der Waals surface area contributed by atoms with Gasteiger partial charge in [-0.2, -0.15) is 11.8 Å². The predicted octanol–water partition coefficient (Wildman–Crippen LogP) is 3.12. The normalized spacial score (nSPS) is 22.2. The monoisotopic (exact) mass is 329 g/mol.